The lowest BCUT2D eigenvalue weighted by Gasteiger charge is -2.16. The van der Waals surface area contributed by atoms with E-state index in [4.69, 9.17) is 5.11 Å². The summed E-state index contributed by atoms with van der Waals surface area (Å²) in [4.78, 5) is 0. The first kappa shape index (κ1) is 11.2. The summed E-state index contributed by atoms with van der Waals surface area (Å²) in [6, 6.07) is 4.66. The lowest BCUT2D eigenvalue weighted by atomic mass is 10.1. The van der Waals surface area contributed by atoms with Crippen LogP contribution in [0.5, 0.6) is 11.5 Å². The number of phenols is 2. The van der Waals surface area contributed by atoms with Gasteiger partial charge in [0.15, 0.2) is 0 Å². The topological polar surface area (TPSA) is 72.7 Å². The molecule has 2 atom stereocenters. The van der Waals surface area contributed by atoms with Gasteiger partial charge in [0.2, 0.25) is 0 Å². The molecule has 4 heteroatoms. The van der Waals surface area contributed by atoms with Crippen LogP contribution in [0.25, 0.3) is 0 Å². The summed E-state index contributed by atoms with van der Waals surface area (Å²) in [5.74, 6) is 0.141. The van der Waals surface area contributed by atoms with Crippen molar-refractivity contribution in [2.24, 2.45) is 0 Å². The zero-order valence-electron chi connectivity index (χ0n) is 9.06. The molecule has 4 nitrogen and oxygen atoms in total. The third-order valence-corrected chi connectivity index (χ3v) is 3.10. The Labute approximate surface area is 94.5 Å². The van der Waals surface area contributed by atoms with Gasteiger partial charge in [0.25, 0.3) is 0 Å². The van der Waals surface area contributed by atoms with E-state index in [0.29, 0.717) is 6.54 Å². The molecule has 16 heavy (non-hydrogen) atoms. The molecule has 1 aromatic rings. The molecule has 0 bridgehead atoms. The van der Waals surface area contributed by atoms with Crippen LogP contribution in [0.3, 0.4) is 0 Å². The van der Waals surface area contributed by atoms with Crippen molar-refractivity contribution in [2.45, 2.75) is 38.0 Å². The molecular weight excluding hydrogens is 206 g/mol. The summed E-state index contributed by atoms with van der Waals surface area (Å²) in [5, 5.41) is 31.5. The smallest absolute Gasteiger partial charge is 0.123 e. The minimum absolute atomic E-state index is 0.0575. The number of hydrogen-bond donors (Lipinski definition) is 4. The van der Waals surface area contributed by atoms with Crippen molar-refractivity contribution in [3.63, 3.8) is 0 Å². The Hall–Kier alpha value is -1.26. The molecular formula is C12H17NO3. The van der Waals surface area contributed by atoms with E-state index >= 15 is 0 Å². The third kappa shape index (κ3) is 2.46. The van der Waals surface area contributed by atoms with Crippen LogP contribution in [0.4, 0.5) is 0 Å². The highest BCUT2D eigenvalue weighted by Crippen LogP contribution is 2.24. The minimum Gasteiger partial charge on any atom is -0.508 e. The van der Waals surface area contributed by atoms with E-state index in [1.54, 1.807) is 12.1 Å². The van der Waals surface area contributed by atoms with Crippen LogP contribution >= 0.6 is 0 Å². The second-order valence-electron chi connectivity index (χ2n) is 4.30. The number of hydrogen-bond acceptors (Lipinski definition) is 4. The van der Waals surface area contributed by atoms with E-state index in [1.165, 1.54) is 6.07 Å². The first-order valence-corrected chi connectivity index (χ1v) is 5.59. The monoisotopic (exact) mass is 223 g/mol. The Bertz CT molecular complexity index is 367. The predicted octanol–water partition coefficient (Wildman–Crippen LogP) is 1.10. The molecule has 1 fully saturated rings. The molecule has 1 aromatic carbocycles. The summed E-state index contributed by atoms with van der Waals surface area (Å²) in [6.07, 6.45) is 2.58. The molecule has 0 saturated heterocycles. The van der Waals surface area contributed by atoms with Gasteiger partial charge in [-0.2, -0.15) is 0 Å². The SMILES string of the molecule is Oc1ccc(CNC2CCCC2O)c(O)c1. The maximum absolute atomic E-state index is 9.62. The highest BCUT2D eigenvalue weighted by atomic mass is 16.3. The standard InChI is InChI=1S/C12H17NO3/c14-9-5-4-8(12(16)6-9)7-13-10-2-1-3-11(10)15/h4-6,10-11,13-16H,1-3,7H2. The second-order valence-corrected chi connectivity index (χ2v) is 4.30. The van der Waals surface area contributed by atoms with Crippen molar-refractivity contribution in [2.75, 3.05) is 0 Å². The van der Waals surface area contributed by atoms with Crippen molar-refractivity contribution in [1.29, 1.82) is 0 Å². The fourth-order valence-electron chi connectivity index (χ4n) is 2.12. The van der Waals surface area contributed by atoms with Gasteiger partial charge in [0.05, 0.1) is 6.10 Å². The summed E-state index contributed by atoms with van der Waals surface area (Å²) in [5.41, 5.74) is 0.733. The Morgan fingerprint density at radius 2 is 2.06 bits per heavy atom. The quantitative estimate of drug-likeness (QED) is 0.619. The lowest BCUT2D eigenvalue weighted by Crippen LogP contribution is -2.35. The first-order valence-electron chi connectivity index (χ1n) is 5.59. The van der Waals surface area contributed by atoms with Gasteiger partial charge in [-0.1, -0.05) is 6.07 Å². The van der Waals surface area contributed by atoms with Gasteiger partial charge in [-0.15, -0.1) is 0 Å². The van der Waals surface area contributed by atoms with Crippen molar-refractivity contribution in [1.82, 2.24) is 5.32 Å². The van der Waals surface area contributed by atoms with Gasteiger partial charge >= 0.3 is 0 Å². The van der Waals surface area contributed by atoms with Crippen LogP contribution in [0.2, 0.25) is 0 Å². The fraction of sp³-hybridized carbons (Fsp3) is 0.500. The third-order valence-electron chi connectivity index (χ3n) is 3.10. The summed E-state index contributed by atoms with van der Waals surface area (Å²) in [7, 11) is 0. The van der Waals surface area contributed by atoms with Gasteiger partial charge in [-0.3, -0.25) is 0 Å². The molecule has 88 valence electrons. The molecule has 1 saturated carbocycles. The number of aliphatic hydroxyl groups excluding tert-OH is 1. The highest BCUT2D eigenvalue weighted by molar-refractivity contribution is 5.38. The Kier molecular flexibility index (Phi) is 3.31. The summed E-state index contributed by atoms with van der Waals surface area (Å²) in [6.45, 7) is 0.508. The molecule has 4 N–H and O–H groups in total. The molecule has 2 unspecified atom stereocenters. The van der Waals surface area contributed by atoms with Crippen LogP contribution in [-0.2, 0) is 6.54 Å². The molecule has 0 amide bonds. The number of aromatic hydroxyl groups is 2. The van der Waals surface area contributed by atoms with Gasteiger partial charge < -0.3 is 20.6 Å². The van der Waals surface area contributed by atoms with Crippen LogP contribution in [0.1, 0.15) is 24.8 Å². The van der Waals surface area contributed by atoms with Crippen molar-refractivity contribution in [3.8, 4) is 11.5 Å². The van der Waals surface area contributed by atoms with E-state index in [9.17, 15) is 10.2 Å². The zero-order chi connectivity index (χ0) is 11.5. The lowest BCUT2D eigenvalue weighted by molar-refractivity contribution is 0.148. The predicted molar refractivity (Wildman–Crippen MR) is 60.3 cm³/mol. The average molecular weight is 223 g/mol. The van der Waals surface area contributed by atoms with Crippen LogP contribution in [0.15, 0.2) is 18.2 Å². The van der Waals surface area contributed by atoms with E-state index in [2.05, 4.69) is 5.32 Å². The molecule has 1 aliphatic rings. The van der Waals surface area contributed by atoms with Crippen LogP contribution < -0.4 is 5.32 Å². The first-order chi connectivity index (χ1) is 7.66. The Morgan fingerprint density at radius 3 is 2.69 bits per heavy atom. The zero-order valence-corrected chi connectivity index (χ0v) is 9.06. The summed E-state index contributed by atoms with van der Waals surface area (Å²) >= 11 is 0. The van der Waals surface area contributed by atoms with E-state index < -0.39 is 0 Å². The molecule has 0 radical (unpaired) electrons. The molecule has 0 aliphatic heterocycles. The van der Waals surface area contributed by atoms with Crippen molar-refractivity contribution < 1.29 is 15.3 Å². The largest absolute Gasteiger partial charge is 0.508 e. The van der Waals surface area contributed by atoms with Crippen LogP contribution in [0, 0.1) is 0 Å². The number of nitrogens with one attached hydrogen (secondary N) is 1. The van der Waals surface area contributed by atoms with Gasteiger partial charge in [-0.05, 0) is 25.3 Å². The maximum Gasteiger partial charge on any atom is 0.123 e. The van der Waals surface area contributed by atoms with Crippen molar-refractivity contribution in [3.05, 3.63) is 23.8 Å². The van der Waals surface area contributed by atoms with Crippen LogP contribution in [-0.4, -0.2) is 27.5 Å². The van der Waals surface area contributed by atoms with E-state index in [0.717, 1.165) is 24.8 Å². The van der Waals surface area contributed by atoms with Gasteiger partial charge in [0.1, 0.15) is 11.5 Å². The van der Waals surface area contributed by atoms with Gasteiger partial charge in [-0.25, -0.2) is 0 Å². The minimum atomic E-state index is -0.278. The number of rotatable bonds is 3. The molecule has 2 rings (SSSR count). The molecule has 0 heterocycles. The fourth-order valence-corrected chi connectivity index (χ4v) is 2.12. The Morgan fingerprint density at radius 1 is 1.25 bits per heavy atom. The van der Waals surface area contributed by atoms with E-state index in [-0.39, 0.29) is 23.6 Å². The average Bonchev–Trinajstić information content (AvgIpc) is 2.63. The second kappa shape index (κ2) is 4.72. The maximum atomic E-state index is 9.62. The summed E-state index contributed by atoms with van der Waals surface area (Å²) < 4.78 is 0. The number of aliphatic hydroxyl groups is 1. The number of phenolic OH excluding ortho intramolecular Hbond substituents is 2. The van der Waals surface area contributed by atoms with Crippen molar-refractivity contribution >= 4 is 0 Å². The molecule has 1 aliphatic carbocycles. The number of benzene rings is 1. The van der Waals surface area contributed by atoms with E-state index in [1.807, 2.05) is 0 Å². The Balaban J connectivity index is 1.94. The highest BCUT2D eigenvalue weighted by Gasteiger charge is 2.24. The normalized spacial score (nSPS) is 24.8. The van der Waals surface area contributed by atoms with Gasteiger partial charge in [0, 0.05) is 24.2 Å². The molecule has 0 spiro atoms. The molecule has 0 aromatic heterocycles.